The maximum absolute atomic E-state index is 11.5. The second-order valence-corrected chi connectivity index (χ2v) is 5.24. The molecule has 18 heavy (non-hydrogen) atoms. The van der Waals surface area contributed by atoms with Gasteiger partial charge in [-0.05, 0) is 27.2 Å². The maximum Gasteiger partial charge on any atom is 0.333 e. The van der Waals surface area contributed by atoms with Crippen LogP contribution in [0.15, 0.2) is 11.1 Å². The fraction of sp³-hybridized carbons (Fsp3) is 0.812. The lowest BCUT2D eigenvalue weighted by Gasteiger charge is -2.06. The second-order valence-electron chi connectivity index (χ2n) is 5.24. The van der Waals surface area contributed by atoms with Crippen molar-refractivity contribution in [2.45, 2.75) is 79.1 Å². The largest absolute Gasteiger partial charge is 0.462 e. The van der Waals surface area contributed by atoms with Crippen molar-refractivity contribution in [2.24, 2.45) is 0 Å². The Morgan fingerprint density at radius 3 is 1.83 bits per heavy atom. The molecule has 106 valence electrons. The smallest absolute Gasteiger partial charge is 0.333 e. The first-order valence-corrected chi connectivity index (χ1v) is 7.40. The van der Waals surface area contributed by atoms with Crippen LogP contribution in [0, 0.1) is 0 Å². The third kappa shape index (κ3) is 9.26. The number of esters is 1. The summed E-state index contributed by atoms with van der Waals surface area (Å²) < 4.78 is 5.21. The average molecular weight is 254 g/mol. The summed E-state index contributed by atoms with van der Waals surface area (Å²) in [6.45, 7) is 8.51. The molecule has 0 spiro atoms. The third-order valence-electron chi connectivity index (χ3n) is 3.29. The van der Waals surface area contributed by atoms with Gasteiger partial charge in [0.05, 0.1) is 6.61 Å². The molecule has 2 heteroatoms. The van der Waals surface area contributed by atoms with E-state index in [4.69, 9.17) is 4.74 Å². The lowest BCUT2D eigenvalue weighted by atomic mass is 10.1. The minimum absolute atomic E-state index is 0.155. The Morgan fingerprint density at radius 2 is 1.33 bits per heavy atom. The van der Waals surface area contributed by atoms with Gasteiger partial charge in [-0.25, -0.2) is 4.79 Å². The van der Waals surface area contributed by atoms with Gasteiger partial charge >= 0.3 is 5.97 Å². The normalized spacial score (nSPS) is 10.2. The summed E-state index contributed by atoms with van der Waals surface area (Å²) in [5.74, 6) is -0.155. The third-order valence-corrected chi connectivity index (χ3v) is 3.29. The van der Waals surface area contributed by atoms with E-state index in [0.29, 0.717) is 6.61 Å². The van der Waals surface area contributed by atoms with Crippen LogP contribution in [-0.4, -0.2) is 12.6 Å². The molecule has 0 saturated carbocycles. The molecule has 0 aromatic heterocycles. The number of ether oxygens (including phenoxy) is 1. The Kier molecular flexibility index (Phi) is 10.8. The highest BCUT2D eigenvalue weighted by Gasteiger charge is 2.06. The van der Waals surface area contributed by atoms with Gasteiger partial charge in [0.25, 0.3) is 0 Å². The number of carbonyl (C=O) groups is 1. The quantitative estimate of drug-likeness (QED) is 0.310. The molecule has 0 heterocycles. The molecular formula is C16H30O2. The molecule has 0 aliphatic rings. The second kappa shape index (κ2) is 11.3. The number of carbonyl (C=O) groups excluding carboxylic acids is 1. The summed E-state index contributed by atoms with van der Waals surface area (Å²) in [5, 5.41) is 0. The first-order valence-electron chi connectivity index (χ1n) is 7.40. The van der Waals surface area contributed by atoms with Crippen LogP contribution < -0.4 is 0 Å². The predicted molar refractivity (Wildman–Crippen MR) is 77.6 cm³/mol. The van der Waals surface area contributed by atoms with Gasteiger partial charge in [0.1, 0.15) is 0 Å². The molecule has 0 aromatic rings. The summed E-state index contributed by atoms with van der Waals surface area (Å²) in [7, 11) is 0. The average Bonchev–Trinajstić information content (AvgIpc) is 2.35. The van der Waals surface area contributed by atoms with Crippen LogP contribution in [0.5, 0.6) is 0 Å². The molecule has 0 atom stereocenters. The van der Waals surface area contributed by atoms with Crippen LogP contribution in [0.1, 0.15) is 79.1 Å². The van der Waals surface area contributed by atoms with E-state index < -0.39 is 0 Å². The molecule has 0 aromatic carbocycles. The van der Waals surface area contributed by atoms with Crippen molar-refractivity contribution >= 4 is 5.97 Å². The fourth-order valence-corrected chi connectivity index (χ4v) is 1.71. The Labute approximate surface area is 113 Å². The van der Waals surface area contributed by atoms with Crippen molar-refractivity contribution in [1.29, 1.82) is 0 Å². The molecule has 0 N–H and O–H groups in total. The highest BCUT2D eigenvalue weighted by atomic mass is 16.5. The molecule has 2 nitrogen and oxygen atoms in total. The van der Waals surface area contributed by atoms with Crippen LogP contribution in [-0.2, 0) is 9.53 Å². The minimum atomic E-state index is -0.155. The molecule has 0 aliphatic heterocycles. The summed E-state index contributed by atoms with van der Waals surface area (Å²) in [5.41, 5.74) is 1.78. The van der Waals surface area contributed by atoms with Gasteiger partial charge in [0.15, 0.2) is 0 Å². The number of allylic oxidation sites excluding steroid dienone is 1. The number of hydrogen-bond acceptors (Lipinski definition) is 2. The number of hydrogen-bond donors (Lipinski definition) is 0. The van der Waals surface area contributed by atoms with E-state index in [-0.39, 0.29) is 5.97 Å². The van der Waals surface area contributed by atoms with Gasteiger partial charge in [0.2, 0.25) is 0 Å². The summed E-state index contributed by atoms with van der Waals surface area (Å²) in [6, 6.07) is 0. The van der Waals surface area contributed by atoms with Crippen LogP contribution in [0.2, 0.25) is 0 Å². The highest BCUT2D eigenvalue weighted by molar-refractivity contribution is 5.88. The Bertz CT molecular complexity index is 250. The Hall–Kier alpha value is -0.790. The van der Waals surface area contributed by atoms with Gasteiger partial charge in [0, 0.05) is 5.57 Å². The van der Waals surface area contributed by atoms with E-state index >= 15 is 0 Å². The van der Waals surface area contributed by atoms with Gasteiger partial charge < -0.3 is 4.74 Å². The Morgan fingerprint density at radius 1 is 0.833 bits per heavy atom. The zero-order valence-electron chi connectivity index (χ0n) is 12.7. The van der Waals surface area contributed by atoms with Crippen LogP contribution in [0.25, 0.3) is 0 Å². The first kappa shape index (κ1) is 17.2. The standard InChI is InChI=1S/C16H30O2/c1-5-6-7-8-9-10-11-12-13-18-16(17)15(4)14(2)3/h5-13H2,1-4H3. The molecule has 0 aliphatic carbocycles. The van der Waals surface area contributed by atoms with E-state index in [1.165, 1.54) is 44.9 Å². The summed E-state index contributed by atoms with van der Waals surface area (Å²) in [6.07, 6.45) is 10.1. The van der Waals surface area contributed by atoms with Crippen molar-refractivity contribution in [1.82, 2.24) is 0 Å². The summed E-state index contributed by atoms with van der Waals surface area (Å²) >= 11 is 0. The van der Waals surface area contributed by atoms with Gasteiger partial charge in [-0.3, -0.25) is 0 Å². The van der Waals surface area contributed by atoms with Crippen molar-refractivity contribution < 1.29 is 9.53 Å². The predicted octanol–water partition coefficient (Wildman–Crippen LogP) is 5.03. The van der Waals surface area contributed by atoms with E-state index in [1.54, 1.807) is 0 Å². The van der Waals surface area contributed by atoms with E-state index in [2.05, 4.69) is 6.92 Å². The van der Waals surface area contributed by atoms with Crippen LogP contribution in [0.3, 0.4) is 0 Å². The zero-order chi connectivity index (χ0) is 13.8. The molecule has 0 amide bonds. The molecule has 0 bridgehead atoms. The fourth-order valence-electron chi connectivity index (χ4n) is 1.71. The van der Waals surface area contributed by atoms with Crippen molar-refractivity contribution in [3.05, 3.63) is 11.1 Å². The molecule has 0 saturated heterocycles. The van der Waals surface area contributed by atoms with Crippen molar-refractivity contribution in [3.63, 3.8) is 0 Å². The van der Waals surface area contributed by atoms with Crippen LogP contribution >= 0.6 is 0 Å². The number of unbranched alkanes of at least 4 members (excludes halogenated alkanes) is 7. The topological polar surface area (TPSA) is 26.3 Å². The zero-order valence-corrected chi connectivity index (χ0v) is 12.7. The highest BCUT2D eigenvalue weighted by Crippen LogP contribution is 2.09. The van der Waals surface area contributed by atoms with E-state index in [0.717, 1.165) is 17.6 Å². The lowest BCUT2D eigenvalue weighted by Crippen LogP contribution is -2.08. The molecule has 0 fully saturated rings. The first-order chi connectivity index (χ1) is 8.59. The van der Waals surface area contributed by atoms with Crippen molar-refractivity contribution in [3.8, 4) is 0 Å². The molecular weight excluding hydrogens is 224 g/mol. The molecule has 0 rings (SSSR count). The van der Waals surface area contributed by atoms with Crippen LogP contribution in [0.4, 0.5) is 0 Å². The SMILES string of the molecule is CCCCCCCCCCOC(=O)C(C)=C(C)C. The van der Waals surface area contributed by atoms with Crippen molar-refractivity contribution in [2.75, 3.05) is 6.61 Å². The summed E-state index contributed by atoms with van der Waals surface area (Å²) in [4.78, 5) is 11.5. The van der Waals surface area contributed by atoms with Gasteiger partial charge in [-0.1, -0.05) is 57.4 Å². The minimum Gasteiger partial charge on any atom is -0.462 e. The van der Waals surface area contributed by atoms with E-state index in [1.807, 2.05) is 20.8 Å². The molecule has 0 unspecified atom stereocenters. The number of rotatable bonds is 10. The molecule has 0 radical (unpaired) electrons. The monoisotopic (exact) mass is 254 g/mol. The van der Waals surface area contributed by atoms with Gasteiger partial charge in [-0.2, -0.15) is 0 Å². The lowest BCUT2D eigenvalue weighted by molar-refractivity contribution is -0.139. The maximum atomic E-state index is 11.5. The Balaban J connectivity index is 3.36. The van der Waals surface area contributed by atoms with Gasteiger partial charge in [-0.15, -0.1) is 0 Å². The van der Waals surface area contributed by atoms with E-state index in [9.17, 15) is 4.79 Å².